The number of amides is 1. The minimum absolute atomic E-state index is 0.134. The van der Waals surface area contributed by atoms with Crippen LogP contribution in [0.4, 0.5) is 24.8 Å². The molecule has 9 nitrogen and oxygen atoms in total. The number of ether oxygens (including phenoxy) is 1. The number of aliphatic hydroxyl groups excluding tert-OH is 1. The fourth-order valence-electron chi connectivity index (χ4n) is 3.75. The number of rotatable bonds is 7. The van der Waals surface area contributed by atoms with Crippen LogP contribution in [-0.2, 0) is 11.0 Å². The Hall–Kier alpha value is -3.51. The van der Waals surface area contributed by atoms with E-state index in [0.29, 0.717) is 34.9 Å². The average molecular weight is 490 g/mol. The fourth-order valence-corrected chi connectivity index (χ4v) is 3.75. The molecule has 2 N–H and O–H groups in total. The third kappa shape index (κ3) is 6.14. The second kappa shape index (κ2) is 10.4. The Morgan fingerprint density at radius 2 is 1.86 bits per heavy atom. The largest absolute Gasteiger partial charge is 0.484 e. The van der Waals surface area contributed by atoms with Crippen LogP contribution < -0.4 is 15.0 Å². The van der Waals surface area contributed by atoms with Crippen molar-refractivity contribution in [3.63, 3.8) is 0 Å². The van der Waals surface area contributed by atoms with Gasteiger partial charge >= 0.3 is 6.18 Å². The lowest BCUT2D eigenvalue weighted by Crippen LogP contribution is -2.47. The minimum atomic E-state index is -4.43. The van der Waals surface area contributed by atoms with Crippen LogP contribution >= 0.6 is 0 Å². The lowest BCUT2D eigenvalue weighted by atomic mass is 10.2. The van der Waals surface area contributed by atoms with E-state index in [0.717, 1.165) is 38.3 Å². The summed E-state index contributed by atoms with van der Waals surface area (Å²) in [5, 5.41) is 12.4. The Balaban J connectivity index is 1.37. The minimum Gasteiger partial charge on any atom is -0.484 e. The van der Waals surface area contributed by atoms with Crippen molar-refractivity contribution in [3.8, 4) is 5.75 Å². The van der Waals surface area contributed by atoms with Gasteiger partial charge in [0.2, 0.25) is 5.95 Å². The van der Waals surface area contributed by atoms with Gasteiger partial charge in [-0.15, -0.1) is 0 Å². The highest BCUT2D eigenvalue weighted by Crippen LogP contribution is 2.30. The molecular weight excluding hydrogens is 465 g/mol. The zero-order valence-electron chi connectivity index (χ0n) is 19.0. The number of carbonyl (C=O) groups is 1. The van der Waals surface area contributed by atoms with Gasteiger partial charge in [0.1, 0.15) is 5.75 Å². The molecular formula is C23H25F3N6O3. The molecule has 3 heterocycles. The van der Waals surface area contributed by atoms with E-state index in [1.165, 1.54) is 18.3 Å². The van der Waals surface area contributed by atoms with E-state index in [1.807, 2.05) is 6.92 Å². The average Bonchev–Trinajstić information content (AvgIpc) is 2.83. The number of carbonyl (C=O) groups excluding carboxylic acids is 1. The molecule has 0 saturated carbocycles. The van der Waals surface area contributed by atoms with Gasteiger partial charge in [-0.2, -0.15) is 18.2 Å². The summed E-state index contributed by atoms with van der Waals surface area (Å²) >= 11 is 0. The SMILES string of the molecule is Cc1nc(N2CCN(CCO)CC2)nc2ncc(NC(=O)COc3ccc(C(F)(F)F)cc3)cc12. The fraction of sp³-hybridized carbons (Fsp3) is 0.391. The molecule has 3 aromatic rings. The number of piperazine rings is 1. The molecule has 2 aromatic heterocycles. The number of anilines is 2. The quantitative estimate of drug-likeness (QED) is 0.521. The number of nitrogens with one attached hydrogen (secondary N) is 1. The van der Waals surface area contributed by atoms with E-state index in [1.54, 1.807) is 6.07 Å². The number of halogens is 3. The van der Waals surface area contributed by atoms with E-state index in [4.69, 9.17) is 9.84 Å². The maximum atomic E-state index is 12.6. The highest BCUT2D eigenvalue weighted by atomic mass is 19.4. The molecule has 0 spiro atoms. The van der Waals surface area contributed by atoms with Crippen LogP contribution in [0.15, 0.2) is 36.5 Å². The van der Waals surface area contributed by atoms with Gasteiger partial charge in [-0.25, -0.2) is 9.97 Å². The number of aryl methyl sites for hydroxylation is 1. The maximum Gasteiger partial charge on any atom is 0.416 e. The van der Waals surface area contributed by atoms with Crippen molar-refractivity contribution in [2.24, 2.45) is 0 Å². The number of pyridine rings is 1. The monoisotopic (exact) mass is 490 g/mol. The Morgan fingerprint density at radius 3 is 2.51 bits per heavy atom. The number of aliphatic hydroxyl groups is 1. The molecule has 1 saturated heterocycles. The van der Waals surface area contributed by atoms with Crippen molar-refractivity contribution < 1.29 is 27.8 Å². The predicted molar refractivity (Wildman–Crippen MR) is 123 cm³/mol. The Labute approximate surface area is 199 Å². The summed E-state index contributed by atoms with van der Waals surface area (Å²) in [7, 11) is 0. The lowest BCUT2D eigenvalue weighted by molar-refractivity contribution is -0.137. The second-order valence-electron chi connectivity index (χ2n) is 8.12. The van der Waals surface area contributed by atoms with Crippen molar-refractivity contribution >= 4 is 28.6 Å². The van der Waals surface area contributed by atoms with Crippen LogP contribution in [-0.4, -0.2) is 76.8 Å². The molecule has 186 valence electrons. The molecule has 1 aliphatic rings. The molecule has 0 bridgehead atoms. The standard InChI is InChI=1S/C23H25F3N6O3/c1-15-19-12-17(29-20(34)14-35-18-4-2-16(3-5-18)23(24,25)26)13-27-21(19)30-22(28-15)32-8-6-31(7-9-32)10-11-33/h2-5,12-13,33H,6-11,14H2,1H3,(H,29,34). The van der Waals surface area contributed by atoms with Gasteiger partial charge in [0.25, 0.3) is 5.91 Å². The topological polar surface area (TPSA) is 104 Å². The van der Waals surface area contributed by atoms with Crippen LogP contribution in [0.1, 0.15) is 11.3 Å². The molecule has 12 heteroatoms. The Bertz CT molecular complexity index is 1180. The first-order chi connectivity index (χ1) is 16.7. The van der Waals surface area contributed by atoms with Crippen LogP contribution in [0.5, 0.6) is 5.75 Å². The van der Waals surface area contributed by atoms with Gasteiger partial charge in [-0.1, -0.05) is 0 Å². The number of fused-ring (bicyclic) bond motifs is 1. The van der Waals surface area contributed by atoms with Gasteiger partial charge in [-0.05, 0) is 37.3 Å². The summed E-state index contributed by atoms with van der Waals surface area (Å²) in [6.07, 6.45) is -2.95. The number of hydrogen-bond donors (Lipinski definition) is 2. The van der Waals surface area contributed by atoms with Crippen LogP contribution in [0.25, 0.3) is 11.0 Å². The van der Waals surface area contributed by atoms with E-state index >= 15 is 0 Å². The van der Waals surface area contributed by atoms with Gasteiger partial charge < -0.3 is 20.1 Å². The van der Waals surface area contributed by atoms with Gasteiger partial charge in [-0.3, -0.25) is 9.69 Å². The third-order valence-electron chi connectivity index (χ3n) is 5.64. The first kappa shape index (κ1) is 24.6. The molecule has 0 radical (unpaired) electrons. The molecule has 1 aliphatic heterocycles. The highest BCUT2D eigenvalue weighted by Gasteiger charge is 2.30. The normalized spacial score (nSPS) is 14.8. The summed E-state index contributed by atoms with van der Waals surface area (Å²) in [6.45, 7) is 5.38. The van der Waals surface area contributed by atoms with E-state index in [-0.39, 0.29) is 19.0 Å². The van der Waals surface area contributed by atoms with Crippen molar-refractivity contribution in [2.75, 3.05) is 56.2 Å². The maximum absolute atomic E-state index is 12.6. The van der Waals surface area contributed by atoms with Crippen LogP contribution in [0, 0.1) is 6.92 Å². The number of β-amino-alcohol motifs (C(OH)–C–C–N with tert-alkyl or cyclic N) is 1. The molecule has 1 amide bonds. The molecule has 0 atom stereocenters. The van der Waals surface area contributed by atoms with Gasteiger partial charge in [0, 0.05) is 38.1 Å². The zero-order chi connectivity index (χ0) is 25.0. The van der Waals surface area contributed by atoms with Crippen molar-refractivity contribution in [1.29, 1.82) is 0 Å². The first-order valence-electron chi connectivity index (χ1n) is 11.1. The van der Waals surface area contributed by atoms with Gasteiger partial charge in [0.15, 0.2) is 12.3 Å². The summed E-state index contributed by atoms with van der Waals surface area (Å²) in [6, 6.07) is 5.84. The second-order valence-corrected chi connectivity index (χ2v) is 8.12. The molecule has 4 rings (SSSR count). The lowest BCUT2D eigenvalue weighted by Gasteiger charge is -2.34. The predicted octanol–water partition coefficient (Wildman–Crippen LogP) is 2.48. The molecule has 0 unspecified atom stereocenters. The Morgan fingerprint density at radius 1 is 1.14 bits per heavy atom. The zero-order valence-corrected chi connectivity index (χ0v) is 19.0. The van der Waals surface area contributed by atoms with Crippen molar-refractivity contribution in [3.05, 3.63) is 47.8 Å². The molecule has 0 aliphatic carbocycles. The molecule has 1 fully saturated rings. The smallest absolute Gasteiger partial charge is 0.416 e. The first-order valence-corrected chi connectivity index (χ1v) is 11.1. The number of alkyl halides is 3. The number of nitrogens with zero attached hydrogens (tertiary/aromatic N) is 5. The summed E-state index contributed by atoms with van der Waals surface area (Å²) in [4.78, 5) is 30.1. The summed E-state index contributed by atoms with van der Waals surface area (Å²) in [5.41, 5.74) is 0.855. The Kier molecular flexibility index (Phi) is 7.31. The summed E-state index contributed by atoms with van der Waals surface area (Å²) < 4.78 is 43.2. The third-order valence-corrected chi connectivity index (χ3v) is 5.64. The molecule has 35 heavy (non-hydrogen) atoms. The van der Waals surface area contributed by atoms with E-state index in [9.17, 15) is 18.0 Å². The van der Waals surface area contributed by atoms with Crippen molar-refractivity contribution in [1.82, 2.24) is 19.9 Å². The number of aromatic nitrogens is 3. The van der Waals surface area contributed by atoms with Crippen molar-refractivity contribution in [2.45, 2.75) is 13.1 Å². The highest BCUT2D eigenvalue weighted by molar-refractivity contribution is 5.94. The van der Waals surface area contributed by atoms with E-state index in [2.05, 4.69) is 30.1 Å². The summed E-state index contributed by atoms with van der Waals surface area (Å²) in [5.74, 6) is 0.258. The van der Waals surface area contributed by atoms with E-state index < -0.39 is 17.6 Å². The molecule has 1 aromatic carbocycles. The number of benzene rings is 1. The van der Waals surface area contributed by atoms with Crippen LogP contribution in [0.2, 0.25) is 0 Å². The number of hydrogen-bond acceptors (Lipinski definition) is 8. The van der Waals surface area contributed by atoms with Gasteiger partial charge in [0.05, 0.1) is 29.7 Å². The van der Waals surface area contributed by atoms with Crippen LogP contribution in [0.3, 0.4) is 0 Å².